The molecule has 2 atom stereocenters. The van der Waals surface area contributed by atoms with Crippen LogP contribution in [-0.2, 0) is 0 Å². The van der Waals surface area contributed by atoms with Crippen LogP contribution < -0.4 is 15.0 Å². The lowest BCUT2D eigenvalue weighted by molar-refractivity contribution is 0.0977. The molecule has 1 fully saturated rings. The Balaban J connectivity index is 1.50. The third-order valence-electron chi connectivity index (χ3n) is 5.02. The Bertz CT molecular complexity index is 658. The highest BCUT2D eigenvalue weighted by Crippen LogP contribution is 2.22. The van der Waals surface area contributed by atoms with E-state index in [0.717, 1.165) is 25.4 Å². The molecule has 26 heavy (non-hydrogen) atoms. The van der Waals surface area contributed by atoms with E-state index in [1.54, 1.807) is 0 Å². The minimum atomic E-state index is -0.420. The Morgan fingerprint density at radius 2 is 1.85 bits per heavy atom. The molecule has 1 saturated heterocycles. The van der Waals surface area contributed by atoms with E-state index in [9.17, 15) is 5.11 Å². The molecule has 4 nitrogen and oxygen atoms in total. The predicted molar refractivity (Wildman–Crippen MR) is 107 cm³/mol. The number of piperazine rings is 1. The molecule has 0 spiro atoms. The SMILES string of the molecule is CC(C)c1ccc(N2CCN[C@H]([C@@H](O)CCOc3ccccc3)C2)cc1. The van der Waals surface area contributed by atoms with Crippen LogP contribution >= 0.6 is 0 Å². The maximum Gasteiger partial charge on any atom is 0.119 e. The second kappa shape index (κ2) is 9.06. The second-order valence-corrected chi connectivity index (χ2v) is 7.27. The van der Waals surface area contributed by atoms with Gasteiger partial charge < -0.3 is 20.1 Å². The molecule has 1 aliphatic heterocycles. The van der Waals surface area contributed by atoms with E-state index in [0.29, 0.717) is 18.9 Å². The molecule has 2 aromatic carbocycles. The summed E-state index contributed by atoms with van der Waals surface area (Å²) in [5.74, 6) is 1.40. The van der Waals surface area contributed by atoms with E-state index < -0.39 is 6.10 Å². The first-order valence-corrected chi connectivity index (χ1v) is 9.57. The van der Waals surface area contributed by atoms with Crippen LogP contribution in [0.25, 0.3) is 0 Å². The third-order valence-corrected chi connectivity index (χ3v) is 5.02. The summed E-state index contributed by atoms with van der Waals surface area (Å²) in [6.07, 6.45) is 0.198. The molecular formula is C22H30N2O2. The summed E-state index contributed by atoms with van der Waals surface area (Å²) in [5.41, 5.74) is 2.59. The fourth-order valence-corrected chi connectivity index (χ4v) is 3.36. The summed E-state index contributed by atoms with van der Waals surface area (Å²) in [4.78, 5) is 2.35. The first-order valence-electron chi connectivity index (χ1n) is 9.57. The summed E-state index contributed by atoms with van der Waals surface area (Å²) in [6.45, 7) is 7.60. The lowest BCUT2D eigenvalue weighted by atomic mass is 10.0. The third kappa shape index (κ3) is 4.99. The average Bonchev–Trinajstić information content (AvgIpc) is 2.69. The summed E-state index contributed by atoms with van der Waals surface area (Å²) < 4.78 is 5.71. The number of rotatable bonds is 7. The van der Waals surface area contributed by atoms with Crippen LogP contribution in [0.2, 0.25) is 0 Å². The van der Waals surface area contributed by atoms with Gasteiger partial charge in [0.15, 0.2) is 0 Å². The number of nitrogens with one attached hydrogen (secondary N) is 1. The number of aliphatic hydroxyl groups excluding tert-OH is 1. The standard InChI is InChI=1S/C22H30N2O2/c1-17(2)18-8-10-19(11-9-18)24-14-13-23-21(16-24)22(25)12-15-26-20-6-4-3-5-7-20/h3-11,17,21-23,25H,12-16H2,1-2H3/t21-,22-/m0/s1. The molecule has 1 aliphatic rings. The van der Waals surface area contributed by atoms with Crippen LogP contribution in [0, 0.1) is 0 Å². The van der Waals surface area contributed by atoms with Gasteiger partial charge in [-0.25, -0.2) is 0 Å². The molecule has 1 heterocycles. The Labute approximate surface area is 156 Å². The van der Waals surface area contributed by atoms with Gasteiger partial charge in [0.25, 0.3) is 0 Å². The normalized spacial score (nSPS) is 18.8. The van der Waals surface area contributed by atoms with Crippen molar-refractivity contribution >= 4 is 5.69 Å². The quantitative estimate of drug-likeness (QED) is 0.800. The van der Waals surface area contributed by atoms with E-state index in [4.69, 9.17) is 4.74 Å². The molecule has 0 saturated carbocycles. The van der Waals surface area contributed by atoms with Gasteiger partial charge in [0.2, 0.25) is 0 Å². The van der Waals surface area contributed by atoms with Crippen LogP contribution in [0.3, 0.4) is 0 Å². The van der Waals surface area contributed by atoms with E-state index >= 15 is 0 Å². The van der Waals surface area contributed by atoms with Crippen molar-refractivity contribution in [3.05, 3.63) is 60.2 Å². The Hall–Kier alpha value is -2.04. The number of hydrogen-bond acceptors (Lipinski definition) is 4. The van der Waals surface area contributed by atoms with Gasteiger partial charge >= 0.3 is 0 Å². The molecule has 2 N–H and O–H groups in total. The van der Waals surface area contributed by atoms with E-state index in [1.807, 2.05) is 30.3 Å². The fraction of sp³-hybridized carbons (Fsp3) is 0.455. The minimum Gasteiger partial charge on any atom is -0.493 e. The molecule has 0 unspecified atom stereocenters. The number of hydrogen-bond donors (Lipinski definition) is 2. The van der Waals surface area contributed by atoms with E-state index in [1.165, 1.54) is 11.3 Å². The van der Waals surface area contributed by atoms with Crippen molar-refractivity contribution in [2.75, 3.05) is 31.1 Å². The summed E-state index contributed by atoms with van der Waals surface area (Å²) >= 11 is 0. The number of anilines is 1. The van der Waals surface area contributed by atoms with Crippen molar-refractivity contribution in [3.8, 4) is 5.75 Å². The monoisotopic (exact) mass is 354 g/mol. The first kappa shape index (κ1) is 18.7. The highest BCUT2D eigenvalue weighted by molar-refractivity contribution is 5.48. The summed E-state index contributed by atoms with van der Waals surface area (Å²) in [7, 11) is 0. The van der Waals surface area contributed by atoms with Crippen LogP contribution in [0.5, 0.6) is 5.75 Å². The summed E-state index contributed by atoms with van der Waals surface area (Å²) in [6, 6.07) is 18.6. The highest BCUT2D eigenvalue weighted by atomic mass is 16.5. The zero-order valence-electron chi connectivity index (χ0n) is 15.8. The van der Waals surface area contributed by atoms with Gasteiger partial charge in [0.05, 0.1) is 18.8 Å². The first-order chi connectivity index (χ1) is 12.6. The van der Waals surface area contributed by atoms with Gasteiger partial charge in [-0.1, -0.05) is 44.2 Å². The Morgan fingerprint density at radius 1 is 1.12 bits per heavy atom. The van der Waals surface area contributed by atoms with Gasteiger partial charge in [-0.3, -0.25) is 0 Å². The van der Waals surface area contributed by atoms with Crippen LogP contribution in [0.15, 0.2) is 54.6 Å². The molecule has 0 aromatic heterocycles. The molecule has 4 heteroatoms. The van der Waals surface area contributed by atoms with E-state index in [2.05, 4.69) is 48.3 Å². The van der Waals surface area contributed by atoms with E-state index in [-0.39, 0.29) is 6.04 Å². The van der Waals surface area contributed by atoms with Crippen molar-refractivity contribution in [2.24, 2.45) is 0 Å². The molecule has 3 rings (SSSR count). The van der Waals surface area contributed by atoms with Crippen LogP contribution in [0.4, 0.5) is 5.69 Å². The fourth-order valence-electron chi connectivity index (χ4n) is 3.36. The molecule has 0 amide bonds. The van der Waals surface area contributed by atoms with Crippen molar-refractivity contribution in [2.45, 2.75) is 38.3 Å². The van der Waals surface area contributed by atoms with Crippen molar-refractivity contribution in [1.82, 2.24) is 5.32 Å². The second-order valence-electron chi connectivity index (χ2n) is 7.27. The van der Waals surface area contributed by atoms with Gasteiger partial charge in [0.1, 0.15) is 5.75 Å². The van der Waals surface area contributed by atoms with Crippen molar-refractivity contribution in [1.29, 1.82) is 0 Å². The predicted octanol–water partition coefficient (Wildman–Crippen LogP) is 3.42. The lowest BCUT2D eigenvalue weighted by Gasteiger charge is -2.37. The molecular weight excluding hydrogens is 324 g/mol. The number of benzene rings is 2. The lowest BCUT2D eigenvalue weighted by Crippen LogP contribution is -2.56. The van der Waals surface area contributed by atoms with Crippen LogP contribution in [0.1, 0.15) is 31.7 Å². The Kier molecular flexibility index (Phi) is 6.53. The summed E-state index contributed by atoms with van der Waals surface area (Å²) in [5, 5.41) is 14.0. The zero-order chi connectivity index (χ0) is 18.4. The van der Waals surface area contributed by atoms with Gasteiger partial charge in [-0.2, -0.15) is 0 Å². The van der Waals surface area contributed by atoms with Crippen molar-refractivity contribution in [3.63, 3.8) is 0 Å². The number of aliphatic hydroxyl groups is 1. The number of para-hydroxylation sites is 1. The van der Waals surface area contributed by atoms with Crippen LogP contribution in [-0.4, -0.2) is 43.5 Å². The average molecular weight is 354 g/mol. The largest absolute Gasteiger partial charge is 0.493 e. The number of nitrogens with zero attached hydrogens (tertiary/aromatic N) is 1. The number of ether oxygens (including phenoxy) is 1. The van der Waals surface area contributed by atoms with Gasteiger partial charge in [-0.15, -0.1) is 0 Å². The zero-order valence-corrected chi connectivity index (χ0v) is 15.8. The Morgan fingerprint density at radius 3 is 2.54 bits per heavy atom. The molecule has 0 radical (unpaired) electrons. The smallest absolute Gasteiger partial charge is 0.119 e. The molecule has 0 bridgehead atoms. The molecule has 140 valence electrons. The minimum absolute atomic E-state index is 0.0629. The maximum absolute atomic E-state index is 10.6. The topological polar surface area (TPSA) is 44.7 Å². The van der Waals surface area contributed by atoms with Gasteiger partial charge in [0, 0.05) is 31.7 Å². The molecule has 0 aliphatic carbocycles. The van der Waals surface area contributed by atoms with Crippen molar-refractivity contribution < 1.29 is 9.84 Å². The highest BCUT2D eigenvalue weighted by Gasteiger charge is 2.25. The maximum atomic E-state index is 10.6. The van der Waals surface area contributed by atoms with Gasteiger partial charge in [-0.05, 0) is 35.7 Å². The molecule has 2 aromatic rings.